The second-order valence-electron chi connectivity index (χ2n) is 5.09. The SMILES string of the molecule is CC[C@@H](NC(=O)[C@@H](C)Oc1ccc(F)cc1)c1ccccc1. The summed E-state index contributed by atoms with van der Waals surface area (Å²) in [4.78, 5) is 12.2. The number of carbonyl (C=O) groups is 1. The molecule has 2 atom stereocenters. The summed E-state index contributed by atoms with van der Waals surface area (Å²) in [7, 11) is 0. The summed E-state index contributed by atoms with van der Waals surface area (Å²) in [5, 5.41) is 2.98. The normalized spacial score (nSPS) is 13.2. The lowest BCUT2D eigenvalue weighted by atomic mass is 10.0. The number of halogens is 1. The summed E-state index contributed by atoms with van der Waals surface area (Å²) in [5.41, 5.74) is 1.06. The lowest BCUT2D eigenvalue weighted by Gasteiger charge is -2.21. The Labute approximate surface area is 130 Å². The number of amides is 1. The predicted molar refractivity (Wildman–Crippen MR) is 84.1 cm³/mol. The van der Waals surface area contributed by atoms with Crippen molar-refractivity contribution in [2.75, 3.05) is 0 Å². The summed E-state index contributed by atoms with van der Waals surface area (Å²) in [6, 6.07) is 15.4. The first kappa shape index (κ1) is 16.0. The maximum atomic E-state index is 12.9. The fourth-order valence-corrected chi connectivity index (χ4v) is 2.17. The molecule has 2 aromatic rings. The minimum Gasteiger partial charge on any atom is -0.481 e. The summed E-state index contributed by atoms with van der Waals surface area (Å²) in [5.74, 6) is -0.0589. The van der Waals surface area contributed by atoms with Crippen molar-refractivity contribution in [2.24, 2.45) is 0 Å². The molecule has 0 unspecified atom stereocenters. The minimum atomic E-state index is -0.650. The van der Waals surface area contributed by atoms with Crippen LogP contribution in [0.1, 0.15) is 31.9 Å². The van der Waals surface area contributed by atoms with Gasteiger partial charge in [0.2, 0.25) is 0 Å². The molecule has 2 aromatic carbocycles. The van der Waals surface area contributed by atoms with E-state index >= 15 is 0 Å². The van der Waals surface area contributed by atoms with Gasteiger partial charge in [-0.25, -0.2) is 4.39 Å². The van der Waals surface area contributed by atoms with Gasteiger partial charge in [-0.3, -0.25) is 4.79 Å². The van der Waals surface area contributed by atoms with Crippen molar-refractivity contribution in [3.05, 3.63) is 66.0 Å². The Kier molecular flexibility index (Phi) is 5.53. The second kappa shape index (κ2) is 7.59. The minimum absolute atomic E-state index is 0.0482. The average Bonchev–Trinajstić information content (AvgIpc) is 2.55. The highest BCUT2D eigenvalue weighted by Crippen LogP contribution is 2.17. The molecule has 2 rings (SSSR count). The highest BCUT2D eigenvalue weighted by atomic mass is 19.1. The fraction of sp³-hybridized carbons (Fsp3) is 0.278. The van der Waals surface area contributed by atoms with Gasteiger partial charge in [-0.2, -0.15) is 0 Å². The van der Waals surface area contributed by atoms with Gasteiger partial charge in [0.25, 0.3) is 5.91 Å². The van der Waals surface area contributed by atoms with E-state index in [9.17, 15) is 9.18 Å². The molecule has 0 bridgehead atoms. The van der Waals surface area contributed by atoms with E-state index in [-0.39, 0.29) is 17.8 Å². The molecule has 116 valence electrons. The summed E-state index contributed by atoms with van der Waals surface area (Å²) < 4.78 is 18.4. The van der Waals surface area contributed by atoms with Crippen molar-refractivity contribution in [2.45, 2.75) is 32.4 Å². The Balaban J connectivity index is 1.96. The Hall–Kier alpha value is -2.36. The van der Waals surface area contributed by atoms with Gasteiger partial charge in [0.05, 0.1) is 6.04 Å². The Morgan fingerprint density at radius 3 is 2.36 bits per heavy atom. The maximum absolute atomic E-state index is 12.9. The monoisotopic (exact) mass is 301 g/mol. The van der Waals surface area contributed by atoms with Crippen molar-refractivity contribution in [1.29, 1.82) is 0 Å². The zero-order chi connectivity index (χ0) is 15.9. The van der Waals surface area contributed by atoms with Gasteiger partial charge in [-0.15, -0.1) is 0 Å². The van der Waals surface area contributed by atoms with E-state index in [0.717, 1.165) is 12.0 Å². The van der Waals surface area contributed by atoms with E-state index in [0.29, 0.717) is 5.75 Å². The van der Waals surface area contributed by atoms with E-state index in [1.54, 1.807) is 6.92 Å². The number of hydrogen-bond donors (Lipinski definition) is 1. The van der Waals surface area contributed by atoms with Gasteiger partial charge in [-0.05, 0) is 43.2 Å². The average molecular weight is 301 g/mol. The molecule has 3 nitrogen and oxygen atoms in total. The molecule has 0 heterocycles. The third kappa shape index (κ3) is 4.32. The van der Waals surface area contributed by atoms with Gasteiger partial charge in [0, 0.05) is 0 Å². The largest absolute Gasteiger partial charge is 0.481 e. The Bertz CT molecular complexity index is 598. The highest BCUT2D eigenvalue weighted by Gasteiger charge is 2.19. The standard InChI is InChI=1S/C18H20FNO2/c1-3-17(14-7-5-4-6-8-14)20-18(21)13(2)22-16-11-9-15(19)10-12-16/h4-13,17H,3H2,1-2H3,(H,20,21)/t13-,17-/m1/s1. The van der Waals surface area contributed by atoms with Crippen LogP contribution in [0, 0.1) is 5.82 Å². The third-order valence-electron chi connectivity index (χ3n) is 3.42. The molecule has 0 aliphatic rings. The first-order valence-corrected chi connectivity index (χ1v) is 7.37. The molecule has 1 amide bonds. The van der Waals surface area contributed by atoms with Crippen molar-refractivity contribution in [3.8, 4) is 5.75 Å². The van der Waals surface area contributed by atoms with Crippen LogP contribution in [0.25, 0.3) is 0 Å². The first-order chi connectivity index (χ1) is 10.6. The van der Waals surface area contributed by atoms with Crippen LogP contribution in [0.5, 0.6) is 5.75 Å². The smallest absolute Gasteiger partial charge is 0.261 e. The number of hydrogen-bond acceptors (Lipinski definition) is 2. The van der Waals surface area contributed by atoms with Crippen LogP contribution in [-0.4, -0.2) is 12.0 Å². The fourth-order valence-electron chi connectivity index (χ4n) is 2.17. The van der Waals surface area contributed by atoms with E-state index in [1.807, 2.05) is 37.3 Å². The van der Waals surface area contributed by atoms with Gasteiger partial charge in [0.15, 0.2) is 6.10 Å². The summed E-state index contributed by atoms with van der Waals surface area (Å²) in [6.07, 6.45) is 0.141. The molecule has 0 spiro atoms. The van der Waals surface area contributed by atoms with Crippen LogP contribution >= 0.6 is 0 Å². The van der Waals surface area contributed by atoms with Gasteiger partial charge in [0.1, 0.15) is 11.6 Å². The van der Waals surface area contributed by atoms with Gasteiger partial charge < -0.3 is 10.1 Å². The van der Waals surface area contributed by atoms with E-state index in [4.69, 9.17) is 4.74 Å². The van der Waals surface area contributed by atoms with Crippen molar-refractivity contribution in [1.82, 2.24) is 5.32 Å². The molecule has 0 aromatic heterocycles. The van der Waals surface area contributed by atoms with E-state index in [2.05, 4.69) is 5.32 Å². The van der Waals surface area contributed by atoms with Crippen LogP contribution < -0.4 is 10.1 Å². The van der Waals surface area contributed by atoms with Crippen LogP contribution in [-0.2, 0) is 4.79 Å². The number of carbonyl (C=O) groups excluding carboxylic acids is 1. The summed E-state index contributed by atoms with van der Waals surface area (Å²) in [6.45, 7) is 3.69. The lowest BCUT2D eigenvalue weighted by Crippen LogP contribution is -2.38. The highest BCUT2D eigenvalue weighted by molar-refractivity contribution is 5.81. The number of ether oxygens (including phenoxy) is 1. The van der Waals surface area contributed by atoms with Crippen LogP contribution in [0.4, 0.5) is 4.39 Å². The van der Waals surface area contributed by atoms with Gasteiger partial charge >= 0.3 is 0 Å². The molecule has 0 aliphatic carbocycles. The number of rotatable bonds is 6. The van der Waals surface area contributed by atoms with Crippen LogP contribution in [0.2, 0.25) is 0 Å². The topological polar surface area (TPSA) is 38.3 Å². The zero-order valence-electron chi connectivity index (χ0n) is 12.8. The Morgan fingerprint density at radius 1 is 1.14 bits per heavy atom. The zero-order valence-corrected chi connectivity index (χ0v) is 12.8. The van der Waals surface area contributed by atoms with E-state index in [1.165, 1.54) is 24.3 Å². The van der Waals surface area contributed by atoms with Crippen LogP contribution in [0.15, 0.2) is 54.6 Å². The Morgan fingerprint density at radius 2 is 1.77 bits per heavy atom. The first-order valence-electron chi connectivity index (χ1n) is 7.37. The number of nitrogens with one attached hydrogen (secondary N) is 1. The predicted octanol–water partition coefficient (Wildman–Crippen LogP) is 3.86. The quantitative estimate of drug-likeness (QED) is 0.880. The molecular formula is C18H20FNO2. The lowest BCUT2D eigenvalue weighted by molar-refractivity contribution is -0.128. The molecule has 0 fully saturated rings. The molecule has 0 aliphatic heterocycles. The molecular weight excluding hydrogens is 281 g/mol. The maximum Gasteiger partial charge on any atom is 0.261 e. The third-order valence-corrected chi connectivity index (χ3v) is 3.42. The van der Waals surface area contributed by atoms with Crippen molar-refractivity contribution < 1.29 is 13.9 Å². The molecule has 4 heteroatoms. The van der Waals surface area contributed by atoms with Crippen molar-refractivity contribution in [3.63, 3.8) is 0 Å². The molecule has 0 radical (unpaired) electrons. The molecule has 0 saturated heterocycles. The summed E-state index contributed by atoms with van der Waals surface area (Å²) >= 11 is 0. The van der Waals surface area contributed by atoms with Crippen molar-refractivity contribution >= 4 is 5.91 Å². The number of benzene rings is 2. The molecule has 1 N–H and O–H groups in total. The van der Waals surface area contributed by atoms with Crippen LogP contribution in [0.3, 0.4) is 0 Å². The van der Waals surface area contributed by atoms with Gasteiger partial charge in [-0.1, -0.05) is 37.3 Å². The van der Waals surface area contributed by atoms with E-state index < -0.39 is 6.10 Å². The molecule has 22 heavy (non-hydrogen) atoms. The second-order valence-corrected chi connectivity index (χ2v) is 5.09. The molecule has 0 saturated carbocycles.